The SMILES string of the molecule is CCCCNC(C)c1ccccn1. The van der Waals surface area contributed by atoms with Crippen LogP contribution in [0, 0.1) is 0 Å². The van der Waals surface area contributed by atoms with E-state index in [2.05, 4.69) is 30.2 Å². The minimum absolute atomic E-state index is 0.368. The number of pyridine rings is 1. The van der Waals surface area contributed by atoms with Crippen LogP contribution in [-0.2, 0) is 0 Å². The second-order valence-corrected chi connectivity index (χ2v) is 3.28. The first kappa shape index (κ1) is 10.2. The molecule has 1 N–H and O–H groups in total. The number of rotatable bonds is 5. The molecule has 13 heavy (non-hydrogen) atoms. The van der Waals surface area contributed by atoms with Gasteiger partial charge < -0.3 is 5.32 Å². The van der Waals surface area contributed by atoms with Crippen LogP contribution in [0.1, 0.15) is 38.4 Å². The zero-order valence-electron chi connectivity index (χ0n) is 8.46. The molecule has 1 heterocycles. The van der Waals surface area contributed by atoms with Gasteiger partial charge in [0.2, 0.25) is 0 Å². The molecule has 1 aromatic heterocycles. The van der Waals surface area contributed by atoms with Crippen LogP contribution in [0.5, 0.6) is 0 Å². The van der Waals surface area contributed by atoms with E-state index in [4.69, 9.17) is 0 Å². The summed E-state index contributed by atoms with van der Waals surface area (Å²) in [4.78, 5) is 4.29. The second kappa shape index (κ2) is 5.70. The summed E-state index contributed by atoms with van der Waals surface area (Å²) in [6.45, 7) is 5.43. The summed E-state index contributed by atoms with van der Waals surface area (Å²) in [5, 5.41) is 3.44. The Balaban J connectivity index is 2.35. The molecule has 0 aliphatic rings. The zero-order valence-corrected chi connectivity index (χ0v) is 8.46. The van der Waals surface area contributed by atoms with Crippen LogP contribution >= 0.6 is 0 Å². The van der Waals surface area contributed by atoms with E-state index in [-0.39, 0.29) is 0 Å². The predicted octanol–water partition coefficient (Wildman–Crippen LogP) is 2.53. The molecular formula is C11H18N2. The van der Waals surface area contributed by atoms with Gasteiger partial charge in [-0.05, 0) is 32.0 Å². The maximum Gasteiger partial charge on any atom is 0.0570 e. The first-order chi connectivity index (χ1) is 6.34. The van der Waals surface area contributed by atoms with Crippen LogP contribution in [0.3, 0.4) is 0 Å². The summed E-state index contributed by atoms with van der Waals surface area (Å²) in [5.74, 6) is 0. The Kier molecular flexibility index (Phi) is 4.47. The fraction of sp³-hybridized carbons (Fsp3) is 0.545. The van der Waals surface area contributed by atoms with Crippen LogP contribution in [0.15, 0.2) is 24.4 Å². The highest BCUT2D eigenvalue weighted by Crippen LogP contribution is 2.07. The molecule has 2 heteroatoms. The molecule has 1 rings (SSSR count). The third kappa shape index (κ3) is 3.55. The molecule has 0 saturated carbocycles. The predicted molar refractivity (Wildman–Crippen MR) is 55.6 cm³/mol. The third-order valence-electron chi connectivity index (χ3n) is 2.11. The van der Waals surface area contributed by atoms with Gasteiger partial charge in [-0.3, -0.25) is 4.98 Å². The first-order valence-electron chi connectivity index (χ1n) is 4.99. The van der Waals surface area contributed by atoms with Crippen molar-refractivity contribution in [2.75, 3.05) is 6.54 Å². The summed E-state index contributed by atoms with van der Waals surface area (Å²) in [6.07, 6.45) is 4.31. The van der Waals surface area contributed by atoms with Crippen molar-refractivity contribution in [3.8, 4) is 0 Å². The van der Waals surface area contributed by atoms with E-state index in [1.165, 1.54) is 12.8 Å². The Morgan fingerprint density at radius 1 is 1.46 bits per heavy atom. The van der Waals surface area contributed by atoms with Gasteiger partial charge in [-0.1, -0.05) is 19.4 Å². The molecule has 0 saturated heterocycles. The third-order valence-corrected chi connectivity index (χ3v) is 2.11. The van der Waals surface area contributed by atoms with E-state index in [0.717, 1.165) is 12.2 Å². The number of unbranched alkanes of at least 4 members (excludes halogenated alkanes) is 1. The Bertz CT molecular complexity index is 221. The highest BCUT2D eigenvalue weighted by molar-refractivity contribution is 5.07. The van der Waals surface area contributed by atoms with E-state index >= 15 is 0 Å². The summed E-state index contributed by atoms with van der Waals surface area (Å²) in [7, 11) is 0. The van der Waals surface area contributed by atoms with Gasteiger partial charge in [-0.15, -0.1) is 0 Å². The van der Waals surface area contributed by atoms with E-state index in [9.17, 15) is 0 Å². The van der Waals surface area contributed by atoms with Crippen LogP contribution < -0.4 is 5.32 Å². The highest BCUT2D eigenvalue weighted by Gasteiger charge is 2.03. The Morgan fingerprint density at radius 2 is 2.31 bits per heavy atom. The molecule has 0 fully saturated rings. The van der Waals surface area contributed by atoms with Crippen molar-refractivity contribution in [1.29, 1.82) is 0 Å². The summed E-state index contributed by atoms with van der Waals surface area (Å²) in [6, 6.07) is 6.40. The van der Waals surface area contributed by atoms with Gasteiger partial charge >= 0.3 is 0 Å². The lowest BCUT2D eigenvalue weighted by Crippen LogP contribution is -2.20. The normalized spacial score (nSPS) is 12.8. The van der Waals surface area contributed by atoms with E-state index < -0.39 is 0 Å². The molecule has 72 valence electrons. The summed E-state index contributed by atoms with van der Waals surface area (Å²) >= 11 is 0. The minimum Gasteiger partial charge on any atom is -0.309 e. The molecule has 1 unspecified atom stereocenters. The molecule has 1 aromatic rings. The molecule has 0 radical (unpaired) electrons. The van der Waals surface area contributed by atoms with E-state index in [0.29, 0.717) is 6.04 Å². The maximum absolute atomic E-state index is 4.29. The minimum atomic E-state index is 0.368. The zero-order chi connectivity index (χ0) is 9.52. The molecule has 0 spiro atoms. The average Bonchev–Trinajstić information content (AvgIpc) is 2.19. The maximum atomic E-state index is 4.29. The summed E-state index contributed by atoms with van der Waals surface area (Å²) in [5.41, 5.74) is 1.12. The van der Waals surface area contributed by atoms with Gasteiger partial charge in [0, 0.05) is 12.2 Å². The lowest BCUT2D eigenvalue weighted by atomic mass is 10.2. The van der Waals surface area contributed by atoms with Gasteiger partial charge in [0.1, 0.15) is 0 Å². The fourth-order valence-electron chi connectivity index (χ4n) is 1.23. The average molecular weight is 178 g/mol. The highest BCUT2D eigenvalue weighted by atomic mass is 14.9. The van der Waals surface area contributed by atoms with Gasteiger partial charge in [0.15, 0.2) is 0 Å². The van der Waals surface area contributed by atoms with Crippen molar-refractivity contribution in [3.05, 3.63) is 30.1 Å². The number of nitrogens with one attached hydrogen (secondary N) is 1. The van der Waals surface area contributed by atoms with Gasteiger partial charge in [-0.2, -0.15) is 0 Å². The Morgan fingerprint density at radius 3 is 2.92 bits per heavy atom. The monoisotopic (exact) mass is 178 g/mol. The molecule has 0 bridgehead atoms. The van der Waals surface area contributed by atoms with Crippen molar-refractivity contribution < 1.29 is 0 Å². The van der Waals surface area contributed by atoms with E-state index in [1.807, 2.05) is 18.3 Å². The summed E-state index contributed by atoms with van der Waals surface area (Å²) < 4.78 is 0. The van der Waals surface area contributed by atoms with Crippen LogP contribution in [0.2, 0.25) is 0 Å². The molecule has 0 aromatic carbocycles. The Labute approximate surface area is 80.4 Å². The smallest absolute Gasteiger partial charge is 0.0570 e. The van der Waals surface area contributed by atoms with Crippen LogP contribution in [0.25, 0.3) is 0 Å². The molecule has 1 atom stereocenters. The van der Waals surface area contributed by atoms with Crippen molar-refractivity contribution >= 4 is 0 Å². The van der Waals surface area contributed by atoms with Crippen LogP contribution in [-0.4, -0.2) is 11.5 Å². The van der Waals surface area contributed by atoms with Gasteiger partial charge in [0.05, 0.1) is 5.69 Å². The standard InChI is InChI=1S/C11H18N2/c1-3-4-8-12-10(2)11-7-5-6-9-13-11/h5-7,9-10,12H,3-4,8H2,1-2H3. The van der Waals surface area contributed by atoms with Crippen molar-refractivity contribution in [2.24, 2.45) is 0 Å². The largest absolute Gasteiger partial charge is 0.309 e. The fourth-order valence-corrected chi connectivity index (χ4v) is 1.23. The molecule has 0 aliphatic carbocycles. The van der Waals surface area contributed by atoms with Crippen LogP contribution in [0.4, 0.5) is 0 Å². The quantitative estimate of drug-likeness (QED) is 0.701. The first-order valence-corrected chi connectivity index (χ1v) is 4.99. The van der Waals surface area contributed by atoms with Crippen molar-refractivity contribution in [1.82, 2.24) is 10.3 Å². The Hall–Kier alpha value is -0.890. The number of aromatic nitrogens is 1. The van der Waals surface area contributed by atoms with Gasteiger partial charge in [0.25, 0.3) is 0 Å². The molecular weight excluding hydrogens is 160 g/mol. The number of hydrogen-bond acceptors (Lipinski definition) is 2. The lowest BCUT2D eigenvalue weighted by Gasteiger charge is -2.12. The molecule has 2 nitrogen and oxygen atoms in total. The van der Waals surface area contributed by atoms with Crippen molar-refractivity contribution in [3.63, 3.8) is 0 Å². The molecule has 0 aliphatic heterocycles. The van der Waals surface area contributed by atoms with E-state index in [1.54, 1.807) is 0 Å². The molecule has 0 amide bonds. The van der Waals surface area contributed by atoms with Crippen molar-refractivity contribution in [2.45, 2.75) is 32.7 Å². The number of nitrogens with zero attached hydrogens (tertiary/aromatic N) is 1. The van der Waals surface area contributed by atoms with Gasteiger partial charge in [-0.25, -0.2) is 0 Å². The topological polar surface area (TPSA) is 24.9 Å². The second-order valence-electron chi connectivity index (χ2n) is 3.28. The lowest BCUT2D eigenvalue weighted by molar-refractivity contribution is 0.544. The number of hydrogen-bond donors (Lipinski definition) is 1.